The number of rotatable bonds is 8. The molecule has 0 fully saturated rings. The summed E-state index contributed by atoms with van der Waals surface area (Å²) in [7, 11) is 1.48. The Hall–Kier alpha value is -3.40. The van der Waals surface area contributed by atoms with Crippen LogP contribution in [0, 0.1) is 0 Å². The summed E-state index contributed by atoms with van der Waals surface area (Å²) in [6, 6.07) is 15.0. The number of hydrogen-bond donors (Lipinski definition) is 3. The molecule has 10 heteroatoms. The van der Waals surface area contributed by atoms with Crippen molar-refractivity contribution in [3.05, 3.63) is 66.4 Å². The first-order valence-electron chi connectivity index (χ1n) is 8.39. The number of amides is 1. The number of aromatic nitrogens is 2. The third kappa shape index (κ3) is 5.79. The maximum atomic E-state index is 12.6. The van der Waals surface area contributed by atoms with Gasteiger partial charge in [0, 0.05) is 22.8 Å². The molecule has 0 spiro atoms. The van der Waals surface area contributed by atoms with Gasteiger partial charge in [-0.15, -0.1) is 0 Å². The summed E-state index contributed by atoms with van der Waals surface area (Å²) < 4.78 is 29.9. The number of methoxy groups -OCH3 is 1. The first-order chi connectivity index (χ1) is 14.0. The van der Waals surface area contributed by atoms with E-state index in [0.717, 1.165) is 0 Å². The summed E-state index contributed by atoms with van der Waals surface area (Å²) in [5, 5.41) is 3.11. The average Bonchev–Trinajstić information content (AvgIpc) is 2.73. The summed E-state index contributed by atoms with van der Waals surface area (Å²) >= 11 is 0.474. The van der Waals surface area contributed by atoms with Gasteiger partial charge in [0.25, 0.3) is 11.7 Å². The molecule has 29 heavy (non-hydrogen) atoms. The van der Waals surface area contributed by atoms with E-state index in [2.05, 4.69) is 26.1 Å². The lowest BCUT2D eigenvalue weighted by molar-refractivity contribution is 0.0963. The van der Waals surface area contributed by atoms with Crippen LogP contribution < -0.4 is 20.9 Å². The highest BCUT2D eigenvalue weighted by Crippen LogP contribution is 2.27. The van der Waals surface area contributed by atoms with Gasteiger partial charge in [0.15, 0.2) is 0 Å². The Morgan fingerprint density at radius 1 is 1.10 bits per heavy atom. The molecule has 1 amide bonds. The van der Waals surface area contributed by atoms with Crippen LogP contribution in [0.4, 0.5) is 26.1 Å². The Bertz CT molecular complexity index is 973. The summed E-state index contributed by atoms with van der Waals surface area (Å²) in [5.41, 5.74) is 6.74. The normalized spacial score (nSPS) is 10.5. The van der Waals surface area contributed by atoms with E-state index in [1.807, 2.05) is 0 Å². The fourth-order valence-corrected chi connectivity index (χ4v) is 2.86. The molecular formula is C19H17F2N5O2S. The zero-order chi connectivity index (χ0) is 20.6. The molecule has 0 aliphatic heterocycles. The molecule has 0 aliphatic rings. The van der Waals surface area contributed by atoms with E-state index < -0.39 is 11.7 Å². The van der Waals surface area contributed by atoms with Crippen molar-refractivity contribution in [2.24, 2.45) is 0 Å². The van der Waals surface area contributed by atoms with E-state index in [1.54, 1.807) is 54.6 Å². The van der Waals surface area contributed by atoms with Crippen LogP contribution >= 0.6 is 11.8 Å². The van der Waals surface area contributed by atoms with Gasteiger partial charge in [0.2, 0.25) is 11.8 Å². The van der Waals surface area contributed by atoms with E-state index in [4.69, 9.17) is 4.74 Å². The van der Waals surface area contributed by atoms with Crippen LogP contribution in [0.1, 0.15) is 10.4 Å². The summed E-state index contributed by atoms with van der Waals surface area (Å²) in [6.07, 6.45) is 1.49. The van der Waals surface area contributed by atoms with Crippen LogP contribution in [-0.4, -0.2) is 28.7 Å². The molecule has 2 aromatic carbocycles. The molecule has 0 saturated carbocycles. The number of hydrazine groups is 1. The van der Waals surface area contributed by atoms with Crippen molar-refractivity contribution in [2.75, 3.05) is 17.9 Å². The Kier molecular flexibility index (Phi) is 6.80. The van der Waals surface area contributed by atoms with Gasteiger partial charge in [0.05, 0.1) is 18.4 Å². The molecule has 1 aromatic heterocycles. The molecule has 0 unspecified atom stereocenters. The van der Waals surface area contributed by atoms with Gasteiger partial charge < -0.3 is 10.1 Å². The standard InChI is InChI=1S/C19H17F2N5O2S/c1-28-16-10-11-22-19(24-16)26-25-17(27)14-4-2-3-5-15(14)23-12-6-8-13(9-7-12)29-18(20)21/h2-11,18,23H,1H3,(H,25,27)(H,22,24,26). The van der Waals surface area contributed by atoms with Crippen molar-refractivity contribution in [1.29, 1.82) is 0 Å². The highest BCUT2D eigenvalue weighted by atomic mass is 32.2. The van der Waals surface area contributed by atoms with Crippen molar-refractivity contribution >= 4 is 35.0 Å². The second-order valence-corrected chi connectivity index (χ2v) is 6.64. The fourth-order valence-electron chi connectivity index (χ4n) is 2.36. The summed E-state index contributed by atoms with van der Waals surface area (Å²) in [4.78, 5) is 21.1. The maximum absolute atomic E-state index is 12.6. The lowest BCUT2D eigenvalue weighted by atomic mass is 10.1. The number of thioether (sulfide) groups is 1. The van der Waals surface area contributed by atoms with Gasteiger partial charge >= 0.3 is 0 Å². The number of hydrogen-bond acceptors (Lipinski definition) is 7. The number of alkyl halides is 2. The van der Waals surface area contributed by atoms with Crippen LogP contribution in [0.3, 0.4) is 0 Å². The average molecular weight is 417 g/mol. The smallest absolute Gasteiger partial charge is 0.288 e. The highest BCUT2D eigenvalue weighted by molar-refractivity contribution is 7.99. The Labute approximate surface area is 169 Å². The first-order valence-corrected chi connectivity index (χ1v) is 9.27. The van der Waals surface area contributed by atoms with E-state index in [0.29, 0.717) is 39.5 Å². The van der Waals surface area contributed by atoms with Crippen molar-refractivity contribution in [3.8, 4) is 5.88 Å². The molecule has 0 bridgehead atoms. The maximum Gasteiger partial charge on any atom is 0.288 e. The van der Waals surface area contributed by atoms with Crippen molar-refractivity contribution < 1.29 is 18.3 Å². The van der Waals surface area contributed by atoms with Crippen LogP contribution in [0.5, 0.6) is 5.88 Å². The number of carbonyl (C=O) groups is 1. The van der Waals surface area contributed by atoms with Crippen LogP contribution in [0.25, 0.3) is 0 Å². The Balaban J connectivity index is 1.68. The molecule has 0 radical (unpaired) electrons. The molecule has 3 N–H and O–H groups in total. The number of para-hydroxylation sites is 1. The van der Waals surface area contributed by atoms with Crippen LogP contribution in [0.2, 0.25) is 0 Å². The molecule has 7 nitrogen and oxygen atoms in total. The predicted molar refractivity (Wildman–Crippen MR) is 108 cm³/mol. The van der Waals surface area contributed by atoms with Gasteiger partial charge in [-0.05, 0) is 36.4 Å². The van der Waals surface area contributed by atoms with Crippen molar-refractivity contribution in [1.82, 2.24) is 15.4 Å². The molecule has 0 aliphatic carbocycles. The number of halogens is 2. The summed E-state index contributed by atoms with van der Waals surface area (Å²) in [6.45, 7) is 0. The van der Waals surface area contributed by atoms with Crippen molar-refractivity contribution in [3.63, 3.8) is 0 Å². The third-order valence-electron chi connectivity index (χ3n) is 3.66. The predicted octanol–water partition coefficient (Wildman–Crippen LogP) is 4.30. The number of nitrogens with one attached hydrogen (secondary N) is 3. The molecule has 1 heterocycles. The SMILES string of the molecule is COc1ccnc(NNC(=O)c2ccccc2Nc2ccc(SC(F)F)cc2)n1. The number of carbonyl (C=O) groups excluding carboxylic acids is 1. The van der Waals surface area contributed by atoms with E-state index in [9.17, 15) is 13.6 Å². The first kappa shape index (κ1) is 20.3. The number of nitrogens with zero attached hydrogens (tertiary/aromatic N) is 2. The minimum absolute atomic E-state index is 0.176. The van der Waals surface area contributed by atoms with Gasteiger partial charge in [-0.3, -0.25) is 15.6 Å². The van der Waals surface area contributed by atoms with Crippen LogP contribution in [0.15, 0.2) is 65.7 Å². The monoisotopic (exact) mass is 417 g/mol. The second-order valence-electron chi connectivity index (χ2n) is 5.58. The van der Waals surface area contributed by atoms with Gasteiger partial charge in [0.1, 0.15) is 0 Å². The largest absolute Gasteiger partial charge is 0.481 e. The quantitative estimate of drug-likeness (QED) is 0.372. The Morgan fingerprint density at radius 2 is 1.86 bits per heavy atom. The second kappa shape index (κ2) is 9.69. The van der Waals surface area contributed by atoms with E-state index in [-0.39, 0.29) is 5.95 Å². The lowest BCUT2D eigenvalue weighted by Gasteiger charge is -2.13. The molecule has 0 saturated heterocycles. The molecule has 0 atom stereocenters. The molecule has 3 aromatic rings. The zero-order valence-corrected chi connectivity index (χ0v) is 16.0. The van der Waals surface area contributed by atoms with E-state index in [1.165, 1.54) is 13.3 Å². The van der Waals surface area contributed by atoms with Gasteiger partial charge in [-0.1, -0.05) is 23.9 Å². The Morgan fingerprint density at radius 3 is 2.59 bits per heavy atom. The minimum Gasteiger partial charge on any atom is -0.481 e. The minimum atomic E-state index is -2.47. The fraction of sp³-hybridized carbons (Fsp3) is 0.105. The van der Waals surface area contributed by atoms with Gasteiger partial charge in [-0.2, -0.15) is 13.8 Å². The topological polar surface area (TPSA) is 88.2 Å². The zero-order valence-electron chi connectivity index (χ0n) is 15.2. The molecular weight excluding hydrogens is 400 g/mol. The van der Waals surface area contributed by atoms with Crippen molar-refractivity contribution in [2.45, 2.75) is 10.7 Å². The third-order valence-corrected chi connectivity index (χ3v) is 4.38. The van der Waals surface area contributed by atoms with Crippen LogP contribution in [-0.2, 0) is 0 Å². The molecule has 150 valence electrons. The number of benzene rings is 2. The lowest BCUT2D eigenvalue weighted by Crippen LogP contribution is -2.30. The van der Waals surface area contributed by atoms with Gasteiger partial charge in [-0.25, -0.2) is 4.98 Å². The number of anilines is 3. The highest BCUT2D eigenvalue weighted by Gasteiger charge is 2.12. The summed E-state index contributed by atoms with van der Waals surface area (Å²) in [5.74, 6) is -2.36. The van der Waals surface area contributed by atoms with E-state index >= 15 is 0 Å². The number of ether oxygens (including phenoxy) is 1. The molecule has 3 rings (SSSR count).